The quantitative estimate of drug-likeness (QED) is 0.478. The van der Waals surface area contributed by atoms with Crippen LogP contribution in [0.3, 0.4) is 0 Å². The highest BCUT2D eigenvalue weighted by molar-refractivity contribution is 9.09. The summed E-state index contributed by atoms with van der Waals surface area (Å²) in [5.41, 5.74) is 2.24. The lowest BCUT2D eigenvalue weighted by molar-refractivity contribution is 0.627. The van der Waals surface area contributed by atoms with Crippen LogP contribution in [0, 0.1) is 5.82 Å². The van der Waals surface area contributed by atoms with Crippen LogP contribution in [0.2, 0.25) is 5.02 Å². The van der Waals surface area contributed by atoms with Gasteiger partial charge in [-0.1, -0.05) is 76.1 Å². The van der Waals surface area contributed by atoms with Crippen molar-refractivity contribution in [2.75, 3.05) is 0 Å². The third-order valence-corrected chi connectivity index (χ3v) is 4.73. The molecule has 0 saturated heterocycles. The molecule has 0 aliphatic rings. The molecule has 21 heavy (non-hydrogen) atoms. The molecule has 0 aliphatic heterocycles. The lowest BCUT2D eigenvalue weighted by Gasteiger charge is -2.13. The number of halogens is 3. The average molecular weight is 364 g/mol. The van der Waals surface area contributed by atoms with E-state index in [4.69, 9.17) is 11.6 Å². The van der Waals surface area contributed by atoms with Crippen molar-refractivity contribution in [2.24, 2.45) is 0 Å². The van der Waals surface area contributed by atoms with Gasteiger partial charge in [0.1, 0.15) is 5.82 Å². The Bertz CT molecular complexity index is 780. The molecule has 0 bridgehead atoms. The zero-order valence-electron chi connectivity index (χ0n) is 11.2. The summed E-state index contributed by atoms with van der Waals surface area (Å²) in [6.45, 7) is 0. The summed E-state index contributed by atoms with van der Waals surface area (Å²) in [6.07, 6.45) is 0.823. The maximum Gasteiger partial charge on any atom is 0.141 e. The van der Waals surface area contributed by atoms with E-state index >= 15 is 0 Å². The second-order valence-corrected chi connectivity index (χ2v) is 6.50. The van der Waals surface area contributed by atoms with Gasteiger partial charge in [0.15, 0.2) is 0 Å². The summed E-state index contributed by atoms with van der Waals surface area (Å²) in [6, 6.07) is 19.5. The standard InChI is InChI=1S/C18H13BrClF/c19-16(14-8-9-18(21)17(20)11-14)10-13-6-3-5-12-4-1-2-7-15(12)13/h1-9,11,16H,10H2. The van der Waals surface area contributed by atoms with Gasteiger partial charge in [0.05, 0.1) is 5.02 Å². The molecule has 0 aliphatic carbocycles. The molecule has 3 rings (SSSR count). The largest absolute Gasteiger partial charge is 0.205 e. The first-order chi connectivity index (χ1) is 10.1. The summed E-state index contributed by atoms with van der Waals surface area (Å²) in [5.74, 6) is -0.384. The molecular weight excluding hydrogens is 351 g/mol. The van der Waals surface area contributed by atoms with Gasteiger partial charge in [-0.15, -0.1) is 0 Å². The maximum absolute atomic E-state index is 13.3. The minimum absolute atomic E-state index is 0.0985. The Morgan fingerprint density at radius 3 is 2.57 bits per heavy atom. The van der Waals surface area contributed by atoms with Crippen molar-refractivity contribution >= 4 is 38.3 Å². The minimum Gasteiger partial charge on any atom is -0.205 e. The fourth-order valence-electron chi connectivity index (χ4n) is 2.49. The number of hydrogen-bond donors (Lipinski definition) is 0. The van der Waals surface area contributed by atoms with Crippen molar-refractivity contribution < 1.29 is 4.39 Å². The predicted molar refractivity (Wildman–Crippen MR) is 90.7 cm³/mol. The van der Waals surface area contributed by atoms with Crippen molar-refractivity contribution in [3.8, 4) is 0 Å². The number of fused-ring (bicyclic) bond motifs is 1. The molecule has 0 amide bonds. The van der Waals surface area contributed by atoms with E-state index in [0.29, 0.717) is 0 Å². The van der Waals surface area contributed by atoms with E-state index < -0.39 is 0 Å². The number of benzene rings is 3. The van der Waals surface area contributed by atoms with E-state index in [1.54, 1.807) is 12.1 Å². The zero-order valence-corrected chi connectivity index (χ0v) is 13.5. The first kappa shape index (κ1) is 14.6. The van der Waals surface area contributed by atoms with Gasteiger partial charge in [-0.3, -0.25) is 0 Å². The number of hydrogen-bond acceptors (Lipinski definition) is 0. The van der Waals surface area contributed by atoms with Gasteiger partial charge in [0.2, 0.25) is 0 Å². The van der Waals surface area contributed by atoms with Crippen LogP contribution < -0.4 is 0 Å². The van der Waals surface area contributed by atoms with Crippen LogP contribution in [0.15, 0.2) is 60.7 Å². The van der Waals surface area contributed by atoms with Gasteiger partial charge < -0.3 is 0 Å². The monoisotopic (exact) mass is 362 g/mol. The summed E-state index contributed by atoms with van der Waals surface area (Å²) >= 11 is 9.55. The van der Waals surface area contributed by atoms with Gasteiger partial charge in [0.25, 0.3) is 0 Å². The topological polar surface area (TPSA) is 0 Å². The molecule has 0 heterocycles. The second-order valence-electron chi connectivity index (χ2n) is 4.98. The van der Waals surface area contributed by atoms with Crippen LogP contribution in [0.1, 0.15) is 16.0 Å². The van der Waals surface area contributed by atoms with Crippen molar-refractivity contribution in [1.82, 2.24) is 0 Å². The molecule has 1 atom stereocenters. The first-order valence-electron chi connectivity index (χ1n) is 6.71. The Hall–Kier alpha value is -1.38. The van der Waals surface area contributed by atoms with Crippen LogP contribution in [-0.2, 0) is 6.42 Å². The highest BCUT2D eigenvalue weighted by Gasteiger charge is 2.12. The minimum atomic E-state index is -0.384. The van der Waals surface area contributed by atoms with Crippen LogP contribution in [-0.4, -0.2) is 0 Å². The molecule has 0 radical (unpaired) electrons. The Labute approximate surface area is 136 Å². The summed E-state index contributed by atoms with van der Waals surface area (Å²) < 4.78 is 13.3. The molecule has 3 heteroatoms. The summed E-state index contributed by atoms with van der Waals surface area (Å²) in [7, 11) is 0. The van der Waals surface area contributed by atoms with Gasteiger partial charge in [-0.2, -0.15) is 0 Å². The van der Waals surface area contributed by atoms with Crippen LogP contribution in [0.5, 0.6) is 0 Å². The van der Waals surface area contributed by atoms with Gasteiger partial charge >= 0.3 is 0 Å². The predicted octanol–water partition coefficient (Wildman–Crippen LogP) is 6.31. The van der Waals surface area contributed by atoms with Gasteiger partial charge in [-0.05, 0) is 40.5 Å². The van der Waals surface area contributed by atoms with E-state index in [9.17, 15) is 4.39 Å². The average Bonchev–Trinajstić information content (AvgIpc) is 2.50. The first-order valence-corrected chi connectivity index (χ1v) is 8.00. The SMILES string of the molecule is Fc1ccc(C(Br)Cc2cccc3ccccc23)cc1Cl. The van der Waals surface area contributed by atoms with E-state index in [2.05, 4.69) is 46.3 Å². The molecular formula is C18H13BrClF. The lowest BCUT2D eigenvalue weighted by Crippen LogP contribution is -1.97. The van der Waals surface area contributed by atoms with Gasteiger partial charge in [-0.25, -0.2) is 4.39 Å². The van der Waals surface area contributed by atoms with Crippen molar-refractivity contribution in [1.29, 1.82) is 0 Å². The van der Waals surface area contributed by atoms with Crippen molar-refractivity contribution in [2.45, 2.75) is 11.2 Å². The number of alkyl halides is 1. The van der Waals surface area contributed by atoms with Crippen molar-refractivity contribution in [3.63, 3.8) is 0 Å². The third kappa shape index (κ3) is 3.12. The summed E-state index contributed by atoms with van der Waals surface area (Å²) in [5, 5.41) is 2.64. The molecule has 0 N–H and O–H groups in total. The molecule has 3 aromatic carbocycles. The van der Waals surface area contributed by atoms with E-state index in [1.807, 2.05) is 12.1 Å². The van der Waals surface area contributed by atoms with Gasteiger partial charge in [0, 0.05) is 4.83 Å². The molecule has 0 fully saturated rings. The van der Waals surface area contributed by atoms with E-state index in [-0.39, 0.29) is 15.7 Å². The highest BCUT2D eigenvalue weighted by Crippen LogP contribution is 2.32. The van der Waals surface area contributed by atoms with Crippen LogP contribution >= 0.6 is 27.5 Å². The van der Waals surface area contributed by atoms with Crippen molar-refractivity contribution in [3.05, 3.63) is 82.6 Å². The molecule has 0 saturated carbocycles. The Balaban J connectivity index is 1.92. The third-order valence-electron chi connectivity index (χ3n) is 3.58. The van der Waals surface area contributed by atoms with E-state index in [0.717, 1.165) is 12.0 Å². The molecule has 3 aromatic rings. The molecule has 0 nitrogen and oxygen atoms in total. The molecule has 1 unspecified atom stereocenters. The Morgan fingerprint density at radius 1 is 1.00 bits per heavy atom. The molecule has 106 valence electrons. The lowest BCUT2D eigenvalue weighted by atomic mass is 9.98. The number of rotatable bonds is 3. The van der Waals surface area contributed by atoms with Crippen LogP contribution in [0.25, 0.3) is 10.8 Å². The Kier molecular flexibility index (Phi) is 4.27. The smallest absolute Gasteiger partial charge is 0.141 e. The highest BCUT2D eigenvalue weighted by atomic mass is 79.9. The maximum atomic E-state index is 13.3. The zero-order chi connectivity index (χ0) is 14.8. The van der Waals surface area contributed by atoms with E-state index in [1.165, 1.54) is 22.4 Å². The fourth-order valence-corrected chi connectivity index (χ4v) is 3.31. The fraction of sp³-hybridized carbons (Fsp3) is 0.111. The second kappa shape index (κ2) is 6.17. The Morgan fingerprint density at radius 2 is 1.76 bits per heavy atom. The van der Waals surface area contributed by atoms with Crippen LogP contribution in [0.4, 0.5) is 4.39 Å². The molecule has 0 aromatic heterocycles. The summed E-state index contributed by atoms with van der Waals surface area (Å²) in [4.78, 5) is 0.0985. The molecule has 0 spiro atoms. The normalized spacial score (nSPS) is 12.5.